The summed E-state index contributed by atoms with van der Waals surface area (Å²) >= 11 is 0. The summed E-state index contributed by atoms with van der Waals surface area (Å²) in [5, 5.41) is 0. The van der Waals surface area contributed by atoms with Gasteiger partial charge in [-0.25, -0.2) is 16.8 Å². The lowest BCUT2D eigenvalue weighted by Gasteiger charge is -2.26. The van der Waals surface area contributed by atoms with E-state index in [9.17, 15) is 16.8 Å². The van der Waals surface area contributed by atoms with Gasteiger partial charge in [0.05, 0.1) is 32.3 Å². The minimum atomic E-state index is -3.99. The Hall–Kier alpha value is -2.34. The highest BCUT2D eigenvalue weighted by molar-refractivity contribution is 7.92. The molecular formula is C18H22N2O7S2. The summed E-state index contributed by atoms with van der Waals surface area (Å²) in [6.07, 6.45) is 0. The van der Waals surface area contributed by atoms with Crippen molar-refractivity contribution in [2.75, 3.05) is 45.2 Å². The van der Waals surface area contributed by atoms with Crippen LogP contribution in [0.1, 0.15) is 0 Å². The second-order valence-corrected chi connectivity index (χ2v) is 9.75. The van der Waals surface area contributed by atoms with E-state index < -0.39 is 20.0 Å². The maximum Gasteiger partial charge on any atom is 0.265 e. The van der Waals surface area contributed by atoms with Crippen LogP contribution in [0.4, 0.5) is 5.69 Å². The predicted molar refractivity (Wildman–Crippen MR) is 106 cm³/mol. The van der Waals surface area contributed by atoms with Crippen molar-refractivity contribution in [3.05, 3.63) is 42.5 Å². The molecule has 0 aromatic heterocycles. The number of benzene rings is 2. The van der Waals surface area contributed by atoms with Crippen LogP contribution in [-0.2, 0) is 24.8 Å². The molecule has 29 heavy (non-hydrogen) atoms. The van der Waals surface area contributed by atoms with Gasteiger partial charge in [0, 0.05) is 24.8 Å². The number of nitrogens with zero attached hydrogens (tertiary/aromatic N) is 1. The Labute approximate surface area is 170 Å². The first-order chi connectivity index (χ1) is 13.8. The van der Waals surface area contributed by atoms with Gasteiger partial charge >= 0.3 is 0 Å². The molecule has 158 valence electrons. The van der Waals surface area contributed by atoms with Crippen LogP contribution in [0.2, 0.25) is 0 Å². The molecule has 1 saturated heterocycles. The van der Waals surface area contributed by atoms with Crippen LogP contribution in [0.3, 0.4) is 0 Å². The van der Waals surface area contributed by atoms with Gasteiger partial charge in [-0.3, -0.25) is 4.72 Å². The minimum absolute atomic E-state index is 0.0845. The molecule has 1 heterocycles. The molecule has 2 aromatic rings. The largest absolute Gasteiger partial charge is 0.497 e. The molecule has 3 rings (SSSR count). The second kappa shape index (κ2) is 8.57. The lowest BCUT2D eigenvalue weighted by Crippen LogP contribution is -2.40. The van der Waals surface area contributed by atoms with E-state index in [0.717, 1.165) is 0 Å². The molecule has 0 saturated carbocycles. The second-order valence-electron chi connectivity index (χ2n) is 6.16. The van der Waals surface area contributed by atoms with Crippen LogP contribution < -0.4 is 14.2 Å². The van der Waals surface area contributed by atoms with Crippen LogP contribution in [-0.4, -0.2) is 61.7 Å². The molecule has 0 spiro atoms. The van der Waals surface area contributed by atoms with Gasteiger partial charge in [-0.2, -0.15) is 4.31 Å². The van der Waals surface area contributed by atoms with Gasteiger partial charge in [0.1, 0.15) is 16.4 Å². The third-order valence-electron chi connectivity index (χ3n) is 4.37. The van der Waals surface area contributed by atoms with Gasteiger partial charge in [-0.05, 0) is 36.4 Å². The van der Waals surface area contributed by atoms with Gasteiger partial charge < -0.3 is 14.2 Å². The average molecular weight is 443 g/mol. The monoisotopic (exact) mass is 442 g/mol. The number of methoxy groups -OCH3 is 2. The number of rotatable bonds is 7. The first-order valence-corrected chi connectivity index (χ1v) is 11.6. The summed E-state index contributed by atoms with van der Waals surface area (Å²) < 4.78 is 70.1. The van der Waals surface area contributed by atoms with E-state index in [4.69, 9.17) is 14.2 Å². The number of nitrogens with one attached hydrogen (secondary N) is 1. The van der Waals surface area contributed by atoms with E-state index in [2.05, 4.69) is 4.72 Å². The lowest BCUT2D eigenvalue weighted by atomic mass is 10.3. The highest BCUT2D eigenvalue weighted by Crippen LogP contribution is 2.30. The summed E-state index contributed by atoms with van der Waals surface area (Å²) in [5.41, 5.74) is 0.218. The number of sulfonamides is 2. The van der Waals surface area contributed by atoms with Gasteiger partial charge in [0.2, 0.25) is 10.0 Å². The van der Waals surface area contributed by atoms with Gasteiger partial charge in [0.15, 0.2) is 0 Å². The number of hydrogen-bond donors (Lipinski definition) is 1. The number of hydrogen-bond acceptors (Lipinski definition) is 7. The fourth-order valence-corrected chi connectivity index (χ4v) is 5.49. The third kappa shape index (κ3) is 4.64. The molecule has 11 heteroatoms. The van der Waals surface area contributed by atoms with E-state index in [1.807, 2.05) is 0 Å². The molecule has 0 amide bonds. The topological polar surface area (TPSA) is 111 Å². The van der Waals surface area contributed by atoms with Crippen LogP contribution in [0.25, 0.3) is 0 Å². The van der Waals surface area contributed by atoms with E-state index >= 15 is 0 Å². The summed E-state index contributed by atoms with van der Waals surface area (Å²) in [5.74, 6) is 0.517. The maximum atomic E-state index is 12.8. The summed E-state index contributed by atoms with van der Waals surface area (Å²) in [4.78, 5) is -0.00864. The number of ether oxygens (including phenoxy) is 3. The van der Waals surface area contributed by atoms with Crippen molar-refractivity contribution in [3.63, 3.8) is 0 Å². The Morgan fingerprint density at radius 3 is 2.17 bits per heavy atom. The molecule has 0 radical (unpaired) electrons. The van der Waals surface area contributed by atoms with Gasteiger partial charge in [-0.1, -0.05) is 0 Å². The Kier molecular flexibility index (Phi) is 6.32. The SMILES string of the molecule is COc1ccc(OC)c(S(=O)(=O)Nc2ccc(S(=O)(=O)N3CCOCC3)cc2)c1. The van der Waals surface area contributed by atoms with E-state index in [0.29, 0.717) is 19.0 Å². The van der Waals surface area contributed by atoms with Crippen molar-refractivity contribution in [1.82, 2.24) is 4.31 Å². The molecule has 0 atom stereocenters. The Morgan fingerprint density at radius 1 is 0.931 bits per heavy atom. The molecule has 0 unspecified atom stereocenters. The van der Waals surface area contributed by atoms with Crippen LogP contribution in [0.15, 0.2) is 52.3 Å². The fraction of sp³-hybridized carbons (Fsp3) is 0.333. The van der Waals surface area contributed by atoms with Crippen molar-refractivity contribution >= 4 is 25.7 Å². The summed E-state index contributed by atoms with van der Waals surface area (Å²) in [6.45, 7) is 1.26. The Balaban J connectivity index is 1.84. The molecular weight excluding hydrogens is 420 g/mol. The van der Waals surface area contributed by atoms with Crippen LogP contribution in [0.5, 0.6) is 11.5 Å². The molecule has 0 bridgehead atoms. The number of morpholine rings is 1. The fourth-order valence-electron chi connectivity index (χ4n) is 2.84. The van der Waals surface area contributed by atoms with Crippen molar-refractivity contribution in [1.29, 1.82) is 0 Å². The molecule has 1 N–H and O–H groups in total. The van der Waals surface area contributed by atoms with Crippen molar-refractivity contribution in [2.24, 2.45) is 0 Å². The van der Waals surface area contributed by atoms with Crippen molar-refractivity contribution in [3.8, 4) is 11.5 Å². The van der Waals surface area contributed by atoms with Gasteiger partial charge in [0.25, 0.3) is 10.0 Å². The maximum absolute atomic E-state index is 12.8. The van der Waals surface area contributed by atoms with Crippen molar-refractivity contribution < 1.29 is 31.0 Å². The Bertz CT molecular complexity index is 1060. The van der Waals surface area contributed by atoms with Crippen LogP contribution in [0, 0.1) is 0 Å². The predicted octanol–water partition coefficient (Wildman–Crippen LogP) is 1.53. The first-order valence-electron chi connectivity index (χ1n) is 8.71. The Morgan fingerprint density at radius 2 is 1.59 bits per heavy atom. The smallest absolute Gasteiger partial charge is 0.265 e. The zero-order valence-corrected chi connectivity index (χ0v) is 17.6. The lowest BCUT2D eigenvalue weighted by molar-refractivity contribution is 0.0730. The summed E-state index contributed by atoms with van der Waals surface area (Å²) in [6, 6.07) is 9.96. The van der Waals surface area contributed by atoms with Crippen molar-refractivity contribution in [2.45, 2.75) is 9.79 Å². The molecule has 1 aliphatic rings. The first kappa shape index (κ1) is 21.4. The van der Waals surface area contributed by atoms with Gasteiger partial charge in [-0.15, -0.1) is 0 Å². The van der Waals surface area contributed by atoms with Crippen LogP contribution >= 0.6 is 0 Å². The molecule has 9 nitrogen and oxygen atoms in total. The van der Waals surface area contributed by atoms with E-state index in [1.165, 1.54) is 54.9 Å². The molecule has 1 aliphatic heterocycles. The normalized spacial score (nSPS) is 15.7. The highest BCUT2D eigenvalue weighted by Gasteiger charge is 2.26. The molecule has 1 fully saturated rings. The third-order valence-corrected chi connectivity index (χ3v) is 7.69. The minimum Gasteiger partial charge on any atom is -0.497 e. The van der Waals surface area contributed by atoms with E-state index in [-0.39, 0.29) is 34.3 Å². The highest BCUT2D eigenvalue weighted by atomic mass is 32.2. The zero-order chi connectivity index (χ0) is 21.1. The molecule has 2 aromatic carbocycles. The number of anilines is 1. The standard InChI is InChI=1S/C18H22N2O7S2/c1-25-15-5-8-17(26-2)18(13-15)28(21,22)19-14-3-6-16(7-4-14)29(23,24)20-9-11-27-12-10-20/h3-8,13,19H,9-12H2,1-2H3. The quantitative estimate of drug-likeness (QED) is 0.692. The summed E-state index contributed by atoms with van der Waals surface area (Å²) in [7, 11) is -4.85. The average Bonchev–Trinajstić information content (AvgIpc) is 2.74. The molecule has 0 aliphatic carbocycles. The zero-order valence-electron chi connectivity index (χ0n) is 16.0. The van der Waals surface area contributed by atoms with E-state index in [1.54, 1.807) is 6.07 Å².